The third-order valence-electron chi connectivity index (χ3n) is 0.697. The Hall–Kier alpha value is 0.190. The molecule has 50 valence electrons. The summed E-state index contributed by atoms with van der Waals surface area (Å²) in [5, 5.41) is 0. The highest BCUT2D eigenvalue weighted by Gasteiger charge is 2.01. The molecule has 0 bridgehead atoms. The molecular formula is C5H12O2P-. The molecule has 0 aliphatic carbocycles. The van der Waals surface area contributed by atoms with Gasteiger partial charge in [0.15, 0.2) is 0 Å². The zero-order valence-corrected chi connectivity index (χ0v) is 6.44. The molecule has 0 fully saturated rings. The molecule has 3 heteroatoms. The Bertz CT molecular complexity index is 103. The van der Waals surface area contributed by atoms with E-state index in [4.69, 9.17) is 0 Å². The van der Waals surface area contributed by atoms with Gasteiger partial charge in [0.1, 0.15) is 0 Å². The standard InChI is InChI=1S/C5H13O2P/c1-5(2)4-8(3,6)7/h5H,4H2,1-3H3,(H,6,7)/p-1. The third kappa shape index (κ3) is 6.19. The third-order valence-corrected chi connectivity index (χ3v) is 2.09. The van der Waals surface area contributed by atoms with Crippen molar-refractivity contribution in [1.82, 2.24) is 0 Å². The van der Waals surface area contributed by atoms with Gasteiger partial charge in [0.25, 0.3) is 0 Å². The minimum Gasteiger partial charge on any atom is -0.799 e. The van der Waals surface area contributed by atoms with Crippen molar-refractivity contribution < 1.29 is 9.46 Å². The van der Waals surface area contributed by atoms with Crippen LogP contribution in [0.5, 0.6) is 0 Å². The second kappa shape index (κ2) is 2.65. The molecule has 0 aromatic heterocycles. The molecule has 0 heterocycles. The summed E-state index contributed by atoms with van der Waals surface area (Å²) >= 11 is 0. The van der Waals surface area contributed by atoms with E-state index >= 15 is 0 Å². The zero-order chi connectivity index (χ0) is 6.78. The van der Waals surface area contributed by atoms with Crippen LogP contribution in [0.15, 0.2) is 0 Å². The smallest absolute Gasteiger partial charge is 0.0120 e. The maximum Gasteiger partial charge on any atom is 0.0120 e. The first-order chi connectivity index (χ1) is 3.42. The van der Waals surface area contributed by atoms with Crippen LogP contribution in [0, 0.1) is 5.92 Å². The van der Waals surface area contributed by atoms with Crippen molar-refractivity contribution >= 4 is 7.37 Å². The van der Waals surface area contributed by atoms with Crippen LogP contribution in [0.3, 0.4) is 0 Å². The second-order valence-electron chi connectivity index (χ2n) is 2.59. The fourth-order valence-corrected chi connectivity index (χ4v) is 1.99. The molecule has 0 saturated carbocycles. The molecule has 8 heavy (non-hydrogen) atoms. The maximum atomic E-state index is 10.5. The van der Waals surface area contributed by atoms with E-state index in [2.05, 4.69) is 0 Å². The largest absolute Gasteiger partial charge is 0.799 e. The molecule has 0 aromatic carbocycles. The number of hydrogen-bond acceptors (Lipinski definition) is 2. The van der Waals surface area contributed by atoms with Gasteiger partial charge in [0.2, 0.25) is 0 Å². The minimum absolute atomic E-state index is 0.267. The Morgan fingerprint density at radius 3 is 2.00 bits per heavy atom. The van der Waals surface area contributed by atoms with Crippen molar-refractivity contribution in [3.05, 3.63) is 0 Å². The van der Waals surface area contributed by atoms with Crippen LogP contribution in [0.4, 0.5) is 0 Å². The molecule has 2 nitrogen and oxygen atoms in total. The van der Waals surface area contributed by atoms with Crippen LogP contribution >= 0.6 is 7.37 Å². The highest BCUT2D eigenvalue weighted by molar-refractivity contribution is 7.55. The Morgan fingerprint density at radius 1 is 1.62 bits per heavy atom. The molecule has 0 aliphatic heterocycles. The van der Waals surface area contributed by atoms with Crippen molar-refractivity contribution in [2.45, 2.75) is 13.8 Å². The average molecular weight is 135 g/mol. The fourth-order valence-electron chi connectivity index (χ4n) is 0.663. The SMILES string of the molecule is CC(C)CP(C)(=O)[O-]. The molecule has 1 unspecified atom stereocenters. The lowest BCUT2D eigenvalue weighted by molar-refractivity contribution is -0.173. The molecule has 0 amide bonds. The van der Waals surface area contributed by atoms with Crippen LogP contribution < -0.4 is 4.89 Å². The lowest BCUT2D eigenvalue weighted by Crippen LogP contribution is -2.07. The Labute approximate surface area is 50.4 Å². The molecule has 0 aliphatic rings. The Balaban J connectivity index is 3.56. The molecule has 0 saturated heterocycles. The summed E-state index contributed by atoms with van der Waals surface area (Å²) in [6.45, 7) is 5.08. The van der Waals surface area contributed by atoms with Crippen molar-refractivity contribution in [2.75, 3.05) is 12.8 Å². The van der Waals surface area contributed by atoms with Crippen LogP contribution in [0.25, 0.3) is 0 Å². The highest BCUT2D eigenvalue weighted by Crippen LogP contribution is 2.31. The van der Waals surface area contributed by atoms with Gasteiger partial charge in [-0.3, -0.25) is 0 Å². The quantitative estimate of drug-likeness (QED) is 0.528. The molecule has 0 radical (unpaired) electrons. The fraction of sp³-hybridized carbons (Fsp3) is 1.00. The molecule has 0 aromatic rings. The molecule has 0 N–H and O–H groups in total. The first-order valence-electron chi connectivity index (χ1n) is 2.69. The second-order valence-corrected chi connectivity index (χ2v) is 4.98. The Kier molecular flexibility index (Phi) is 2.72. The normalized spacial score (nSPS) is 18.6. The molecule has 0 spiro atoms. The summed E-state index contributed by atoms with van der Waals surface area (Å²) in [7, 11) is -2.97. The summed E-state index contributed by atoms with van der Waals surface area (Å²) in [5.74, 6) is 0.267. The van der Waals surface area contributed by atoms with Crippen LogP contribution in [0.1, 0.15) is 13.8 Å². The predicted molar refractivity (Wildman–Crippen MR) is 33.2 cm³/mol. The average Bonchev–Trinajstić information content (AvgIpc) is 1.21. The predicted octanol–water partition coefficient (Wildman–Crippen LogP) is 0.911. The van der Waals surface area contributed by atoms with Gasteiger partial charge < -0.3 is 9.46 Å². The van der Waals surface area contributed by atoms with Crippen molar-refractivity contribution in [2.24, 2.45) is 5.92 Å². The number of hydrogen-bond donors (Lipinski definition) is 0. The van der Waals surface area contributed by atoms with Crippen LogP contribution in [0.2, 0.25) is 0 Å². The van der Waals surface area contributed by atoms with Gasteiger partial charge in [-0.1, -0.05) is 13.8 Å². The lowest BCUT2D eigenvalue weighted by atomic mass is 10.3. The van der Waals surface area contributed by atoms with E-state index < -0.39 is 7.37 Å². The lowest BCUT2D eigenvalue weighted by Gasteiger charge is -2.18. The summed E-state index contributed by atoms with van der Waals surface area (Å²) in [4.78, 5) is 10.5. The van der Waals surface area contributed by atoms with E-state index in [-0.39, 0.29) is 5.92 Å². The molecular weight excluding hydrogens is 123 g/mol. The summed E-state index contributed by atoms with van der Waals surface area (Å²) < 4.78 is 10.5. The maximum absolute atomic E-state index is 10.5. The van der Waals surface area contributed by atoms with Gasteiger partial charge in [0.05, 0.1) is 0 Å². The van der Waals surface area contributed by atoms with Crippen molar-refractivity contribution in [1.29, 1.82) is 0 Å². The van der Waals surface area contributed by atoms with E-state index in [1.54, 1.807) is 0 Å². The van der Waals surface area contributed by atoms with Gasteiger partial charge in [0, 0.05) is 7.37 Å². The molecule has 1 atom stereocenters. The number of rotatable bonds is 2. The van der Waals surface area contributed by atoms with E-state index in [0.717, 1.165) is 0 Å². The summed E-state index contributed by atoms with van der Waals surface area (Å²) in [6, 6.07) is 0. The van der Waals surface area contributed by atoms with E-state index in [0.29, 0.717) is 6.16 Å². The van der Waals surface area contributed by atoms with Crippen LogP contribution in [-0.2, 0) is 4.57 Å². The first kappa shape index (κ1) is 8.19. The van der Waals surface area contributed by atoms with Crippen LogP contribution in [-0.4, -0.2) is 12.8 Å². The highest BCUT2D eigenvalue weighted by atomic mass is 31.2. The van der Waals surface area contributed by atoms with Gasteiger partial charge in [-0.2, -0.15) is 0 Å². The van der Waals surface area contributed by atoms with Gasteiger partial charge in [-0.05, 0) is 18.7 Å². The monoisotopic (exact) mass is 135 g/mol. The molecule has 0 rings (SSSR count). The minimum atomic E-state index is -2.97. The van der Waals surface area contributed by atoms with E-state index in [9.17, 15) is 9.46 Å². The summed E-state index contributed by atoms with van der Waals surface area (Å²) in [6.07, 6.45) is 0.326. The van der Waals surface area contributed by atoms with Gasteiger partial charge >= 0.3 is 0 Å². The van der Waals surface area contributed by atoms with Gasteiger partial charge in [-0.25, -0.2) is 0 Å². The Morgan fingerprint density at radius 2 is 2.00 bits per heavy atom. The zero-order valence-electron chi connectivity index (χ0n) is 5.55. The topological polar surface area (TPSA) is 40.1 Å². The first-order valence-corrected chi connectivity index (χ1v) is 4.95. The van der Waals surface area contributed by atoms with E-state index in [1.807, 2.05) is 13.8 Å². The summed E-state index contributed by atoms with van der Waals surface area (Å²) in [5.41, 5.74) is 0. The van der Waals surface area contributed by atoms with Gasteiger partial charge in [-0.15, -0.1) is 0 Å². The van der Waals surface area contributed by atoms with Crippen molar-refractivity contribution in [3.63, 3.8) is 0 Å². The van der Waals surface area contributed by atoms with E-state index in [1.165, 1.54) is 6.66 Å². The van der Waals surface area contributed by atoms with Crippen molar-refractivity contribution in [3.8, 4) is 0 Å².